The van der Waals surface area contributed by atoms with Crippen molar-refractivity contribution in [2.45, 2.75) is 45.7 Å². The molecule has 0 aliphatic rings. The van der Waals surface area contributed by atoms with Crippen LogP contribution in [0.15, 0.2) is 35.7 Å². The van der Waals surface area contributed by atoms with Crippen LogP contribution in [0.5, 0.6) is 0 Å². The molecular formula is C23H30ClFN2O3S. The van der Waals surface area contributed by atoms with E-state index in [1.54, 1.807) is 35.3 Å². The molecule has 1 heterocycles. The summed E-state index contributed by atoms with van der Waals surface area (Å²) in [6.45, 7) is 7.72. The number of hydrogen-bond donors (Lipinski definition) is 0. The van der Waals surface area contributed by atoms with Crippen LogP contribution >= 0.6 is 22.9 Å². The lowest BCUT2D eigenvalue weighted by molar-refractivity contribution is -0.141. The first-order chi connectivity index (χ1) is 14.8. The molecule has 0 spiro atoms. The predicted octanol–water partition coefficient (Wildman–Crippen LogP) is 4.61. The van der Waals surface area contributed by atoms with Gasteiger partial charge < -0.3 is 14.5 Å². The second-order valence-electron chi connectivity index (χ2n) is 7.33. The topological polar surface area (TPSA) is 49.9 Å². The molecule has 31 heavy (non-hydrogen) atoms. The Morgan fingerprint density at radius 3 is 2.45 bits per heavy atom. The van der Waals surface area contributed by atoms with Crippen LogP contribution < -0.4 is 0 Å². The quantitative estimate of drug-likeness (QED) is 0.337. The Balaban J connectivity index is 2.16. The van der Waals surface area contributed by atoms with Crippen molar-refractivity contribution >= 4 is 34.8 Å². The van der Waals surface area contributed by atoms with Gasteiger partial charge in [0.15, 0.2) is 0 Å². The zero-order valence-corrected chi connectivity index (χ0v) is 19.8. The van der Waals surface area contributed by atoms with Crippen molar-refractivity contribution < 1.29 is 18.7 Å². The van der Waals surface area contributed by atoms with Crippen molar-refractivity contribution in [3.63, 3.8) is 0 Å². The molecule has 0 aliphatic heterocycles. The van der Waals surface area contributed by atoms with Crippen LogP contribution in [0.3, 0.4) is 0 Å². The van der Waals surface area contributed by atoms with Crippen LogP contribution in [0.25, 0.3) is 0 Å². The number of benzene rings is 1. The molecule has 1 atom stereocenters. The van der Waals surface area contributed by atoms with E-state index in [1.165, 1.54) is 17.0 Å². The number of rotatable bonds is 12. The van der Waals surface area contributed by atoms with Gasteiger partial charge in [-0.15, -0.1) is 22.9 Å². The van der Waals surface area contributed by atoms with Crippen LogP contribution in [0.4, 0.5) is 4.39 Å². The lowest BCUT2D eigenvalue weighted by atomic mass is 10.2. The summed E-state index contributed by atoms with van der Waals surface area (Å²) in [6.07, 6.45) is 0.623. The first kappa shape index (κ1) is 25.3. The Kier molecular flexibility index (Phi) is 10.4. The molecule has 2 rings (SSSR count). The summed E-state index contributed by atoms with van der Waals surface area (Å²) in [5, 5.41) is 1.27. The first-order valence-electron chi connectivity index (χ1n) is 10.4. The van der Waals surface area contributed by atoms with Crippen LogP contribution in [0.2, 0.25) is 0 Å². The van der Waals surface area contributed by atoms with E-state index in [0.717, 1.165) is 16.0 Å². The van der Waals surface area contributed by atoms with E-state index in [1.807, 2.05) is 25.3 Å². The van der Waals surface area contributed by atoms with Crippen LogP contribution in [0, 0.1) is 12.7 Å². The predicted molar refractivity (Wildman–Crippen MR) is 123 cm³/mol. The summed E-state index contributed by atoms with van der Waals surface area (Å²) in [5.41, 5.74) is 1.94. The lowest BCUT2D eigenvalue weighted by Crippen LogP contribution is -2.45. The average Bonchev–Trinajstić information content (AvgIpc) is 3.15. The largest absolute Gasteiger partial charge is 0.382 e. The number of ether oxygens (including phenoxy) is 1. The maximum atomic E-state index is 13.3. The number of alkyl halides is 1. The van der Waals surface area contributed by atoms with Gasteiger partial charge in [-0.25, -0.2) is 4.39 Å². The molecule has 8 heteroatoms. The van der Waals surface area contributed by atoms with Crippen LogP contribution in [-0.4, -0.2) is 53.3 Å². The van der Waals surface area contributed by atoms with E-state index < -0.39 is 5.38 Å². The maximum absolute atomic E-state index is 13.3. The molecule has 5 nitrogen and oxygen atoms in total. The number of hydrogen-bond acceptors (Lipinski definition) is 4. The van der Waals surface area contributed by atoms with Crippen molar-refractivity contribution in [3.05, 3.63) is 57.5 Å². The van der Waals surface area contributed by atoms with Gasteiger partial charge in [-0.05, 0) is 61.9 Å². The number of nitrogens with zero attached hydrogens (tertiary/aromatic N) is 2. The van der Waals surface area contributed by atoms with Gasteiger partial charge in [-0.1, -0.05) is 12.1 Å². The van der Waals surface area contributed by atoms with Gasteiger partial charge >= 0.3 is 0 Å². The molecule has 1 aromatic carbocycles. The van der Waals surface area contributed by atoms with E-state index >= 15 is 0 Å². The molecule has 170 valence electrons. The number of aryl methyl sites for hydroxylation is 1. The van der Waals surface area contributed by atoms with Gasteiger partial charge in [0, 0.05) is 31.2 Å². The molecule has 2 aromatic rings. The normalized spacial score (nSPS) is 11.9. The zero-order chi connectivity index (χ0) is 22.8. The molecule has 0 aliphatic carbocycles. The van der Waals surface area contributed by atoms with E-state index in [9.17, 15) is 14.0 Å². The summed E-state index contributed by atoms with van der Waals surface area (Å²) in [4.78, 5) is 30.1. The molecule has 0 fully saturated rings. The molecule has 1 aromatic heterocycles. The van der Waals surface area contributed by atoms with E-state index in [0.29, 0.717) is 39.3 Å². The zero-order valence-electron chi connectivity index (χ0n) is 18.3. The second-order valence-corrected chi connectivity index (χ2v) is 8.98. The molecule has 0 radical (unpaired) electrons. The van der Waals surface area contributed by atoms with Gasteiger partial charge in [-0.3, -0.25) is 9.59 Å². The van der Waals surface area contributed by atoms with Gasteiger partial charge in [0.25, 0.3) is 0 Å². The smallest absolute Gasteiger partial charge is 0.242 e. The van der Waals surface area contributed by atoms with Crippen molar-refractivity contribution in [1.82, 2.24) is 9.80 Å². The molecule has 0 N–H and O–H groups in total. The first-order valence-corrected chi connectivity index (χ1v) is 11.7. The fraction of sp³-hybridized carbons (Fsp3) is 0.478. The number of carbonyl (C=O) groups excluding carboxylic acids is 2. The molecule has 0 saturated carbocycles. The second kappa shape index (κ2) is 12.8. The Labute approximate surface area is 192 Å². The summed E-state index contributed by atoms with van der Waals surface area (Å²) < 4.78 is 18.7. The highest BCUT2D eigenvalue weighted by Crippen LogP contribution is 2.20. The fourth-order valence-electron chi connectivity index (χ4n) is 3.07. The van der Waals surface area contributed by atoms with Gasteiger partial charge in [0.05, 0.1) is 13.1 Å². The Bertz CT molecular complexity index is 842. The third-order valence-corrected chi connectivity index (χ3v) is 6.04. The number of carbonyl (C=O) groups is 2. The maximum Gasteiger partial charge on any atom is 0.242 e. The summed E-state index contributed by atoms with van der Waals surface area (Å²) in [7, 11) is 0. The van der Waals surface area contributed by atoms with E-state index in [-0.39, 0.29) is 24.2 Å². The highest BCUT2D eigenvalue weighted by Gasteiger charge is 2.24. The SMILES string of the molecule is CCOCCCN(CC(=O)N(Cc1ccc(F)cc1)Cc1sccc1C)C(=O)C(C)Cl. The van der Waals surface area contributed by atoms with Crippen molar-refractivity contribution in [2.75, 3.05) is 26.3 Å². The van der Waals surface area contributed by atoms with Crippen molar-refractivity contribution in [1.29, 1.82) is 0 Å². The Morgan fingerprint density at radius 1 is 1.16 bits per heavy atom. The molecule has 1 unspecified atom stereocenters. The van der Waals surface area contributed by atoms with Crippen molar-refractivity contribution in [3.8, 4) is 0 Å². The Hall–Kier alpha value is -1.96. The monoisotopic (exact) mass is 468 g/mol. The Morgan fingerprint density at radius 2 is 1.87 bits per heavy atom. The van der Waals surface area contributed by atoms with Gasteiger partial charge in [0.2, 0.25) is 11.8 Å². The fourth-order valence-corrected chi connectivity index (χ4v) is 4.12. The highest BCUT2D eigenvalue weighted by atomic mass is 35.5. The van der Waals surface area contributed by atoms with Crippen LogP contribution in [-0.2, 0) is 27.4 Å². The highest BCUT2D eigenvalue weighted by molar-refractivity contribution is 7.10. The van der Waals surface area contributed by atoms with Crippen LogP contribution in [0.1, 0.15) is 36.3 Å². The van der Waals surface area contributed by atoms with Crippen molar-refractivity contribution in [2.24, 2.45) is 0 Å². The lowest BCUT2D eigenvalue weighted by Gasteiger charge is -2.28. The molecule has 2 amide bonds. The minimum atomic E-state index is -0.718. The summed E-state index contributed by atoms with van der Waals surface area (Å²) in [6, 6.07) is 8.12. The number of halogens is 2. The van der Waals surface area contributed by atoms with E-state index in [4.69, 9.17) is 16.3 Å². The minimum Gasteiger partial charge on any atom is -0.382 e. The molecular weight excluding hydrogens is 439 g/mol. The number of thiophene rings is 1. The summed E-state index contributed by atoms with van der Waals surface area (Å²) >= 11 is 7.61. The third-order valence-electron chi connectivity index (χ3n) is 4.84. The third kappa shape index (κ3) is 8.24. The standard InChI is InChI=1S/C23H30ClFN2O3S/c1-4-30-12-5-11-26(23(29)18(3)24)16-22(28)27(15-21-17(2)10-13-31-21)14-19-6-8-20(25)9-7-19/h6-10,13,18H,4-5,11-12,14-16H2,1-3H3. The molecule has 0 saturated heterocycles. The minimum absolute atomic E-state index is 0.0619. The molecule has 0 bridgehead atoms. The van der Waals surface area contributed by atoms with Gasteiger partial charge in [0.1, 0.15) is 11.2 Å². The number of amides is 2. The average molecular weight is 469 g/mol. The summed E-state index contributed by atoms with van der Waals surface area (Å²) in [5.74, 6) is -0.780. The van der Waals surface area contributed by atoms with Gasteiger partial charge in [-0.2, -0.15) is 0 Å². The van der Waals surface area contributed by atoms with E-state index in [2.05, 4.69) is 0 Å².